The third-order valence-corrected chi connectivity index (χ3v) is 4.79. The van der Waals surface area contributed by atoms with Gasteiger partial charge in [-0.15, -0.1) is 0 Å². The molecular weight excluding hydrogens is 318 g/mol. The van der Waals surface area contributed by atoms with E-state index in [1.807, 2.05) is 29.8 Å². The number of imidazole rings is 1. The van der Waals surface area contributed by atoms with Crippen LogP contribution in [0.25, 0.3) is 5.82 Å². The molecule has 0 radical (unpaired) electrons. The standard InChI is InChI=1S/C18H25N5O2/c1-13-19-8-9-23(13)17-7-6-14(10-20-17)11-21-18(25)22-16-5-3-2-4-15(16)12-24/h6-10,15-16,24H,2-5,11-12H2,1H3,(H2,21,22,25). The molecule has 2 unspecified atom stereocenters. The van der Waals surface area contributed by atoms with Crippen molar-refractivity contribution in [1.29, 1.82) is 0 Å². The Morgan fingerprint density at radius 3 is 2.84 bits per heavy atom. The number of hydrogen-bond acceptors (Lipinski definition) is 4. The number of rotatable bonds is 5. The van der Waals surface area contributed by atoms with Gasteiger partial charge in [0, 0.05) is 43.7 Å². The molecule has 1 fully saturated rings. The van der Waals surface area contributed by atoms with Crippen LogP contribution in [0.4, 0.5) is 4.79 Å². The Kier molecular flexibility index (Phi) is 5.65. The van der Waals surface area contributed by atoms with Crippen molar-refractivity contribution in [2.75, 3.05) is 6.61 Å². The predicted molar refractivity (Wildman–Crippen MR) is 94.3 cm³/mol. The number of nitrogens with zero attached hydrogens (tertiary/aromatic N) is 3. The Morgan fingerprint density at radius 2 is 2.16 bits per heavy atom. The number of aromatic nitrogens is 3. The van der Waals surface area contributed by atoms with E-state index in [9.17, 15) is 9.90 Å². The van der Waals surface area contributed by atoms with Crippen molar-refractivity contribution in [3.63, 3.8) is 0 Å². The maximum atomic E-state index is 12.1. The third-order valence-electron chi connectivity index (χ3n) is 4.79. The molecule has 0 aliphatic heterocycles. The number of aryl methyl sites for hydroxylation is 1. The van der Waals surface area contributed by atoms with Crippen LogP contribution in [0.3, 0.4) is 0 Å². The quantitative estimate of drug-likeness (QED) is 0.773. The van der Waals surface area contributed by atoms with E-state index in [0.29, 0.717) is 6.54 Å². The van der Waals surface area contributed by atoms with Crippen LogP contribution in [-0.4, -0.2) is 38.3 Å². The van der Waals surface area contributed by atoms with Gasteiger partial charge in [0.15, 0.2) is 0 Å². The molecule has 134 valence electrons. The van der Waals surface area contributed by atoms with Crippen molar-refractivity contribution in [1.82, 2.24) is 25.2 Å². The highest BCUT2D eigenvalue weighted by molar-refractivity contribution is 5.74. The molecule has 0 aromatic carbocycles. The summed E-state index contributed by atoms with van der Waals surface area (Å²) in [6.45, 7) is 2.47. The Labute approximate surface area is 147 Å². The Balaban J connectivity index is 1.51. The van der Waals surface area contributed by atoms with Gasteiger partial charge in [-0.05, 0) is 31.4 Å². The second-order valence-electron chi connectivity index (χ2n) is 6.53. The molecule has 1 aliphatic rings. The van der Waals surface area contributed by atoms with E-state index in [1.54, 1.807) is 12.4 Å². The molecule has 0 bridgehead atoms. The average Bonchev–Trinajstić information content (AvgIpc) is 3.07. The van der Waals surface area contributed by atoms with Crippen molar-refractivity contribution < 1.29 is 9.90 Å². The summed E-state index contributed by atoms with van der Waals surface area (Å²) in [6, 6.07) is 3.72. The number of aliphatic hydroxyl groups excluding tert-OH is 1. The summed E-state index contributed by atoms with van der Waals surface area (Å²) in [4.78, 5) is 20.7. The largest absolute Gasteiger partial charge is 0.396 e. The van der Waals surface area contributed by atoms with Crippen LogP contribution in [0.5, 0.6) is 0 Å². The fraction of sp³-hybridized carbons (Fsp3) is 0.500. The van der Waals surface area contributed by atoms with Crippen LogP contribution in [0.15, 0.2) is 30.7 Å². The lowest BCUT2D eigenvalue weighted by Crippen LogP contribution is -2.47. The van der Waals surface area contributed by atoms with Crippen LogP contribution in [0, 0.1) is 12.8 Å². The van der Waals surface area contributed by atoms with E-state index in [4.69, 9.17) is 0 Å². The molecule has 7 heteroatoms. The van der Waals surface area contributed by atoms with Gasteiger partial charge in [-0.3, -0.25) is 4.57 Å². The smallest absolute Gasteiger partial charge is 0.315 e. The Bertz CT molecular complexity index is 698. The molecule has 3 N–H and O–H groups in total. The average molecular weight is 343 g/mol. The number of aliphatic hydroxyl groups is 1. The highest BCUT2D eigenvalue weighted by Crippen LogP contribution is 2.23. The van der Waals surface area contributed by atoms with Gasteiger partial charge < -0.3 is 15.7 Å². The Morgan fingerprint density at radius 1 is 1.32 bits per heavy atom. The monoisotopic (exact) mass is 343 g/mol. The van der Waals surface area contributed by atoms with Crippen LogP contribution >= 0.6 is 0 Å². The number of urea groups is 1. The summed E-state index contributed by atoms with van der Waals surface area (Å²) in [5.41, 5.74) is 0.930. The van der Waals surface area contributed by atoms with Gasteiger partial charge in [0.25, 0.3) is 0 Å². The van der Waals surface area contributed by atoms with E-state index < -0.39 is 0 Å². The molecule has 7 nitrogen and oxygen atoms in total. The number of nitrogens with one attached hydrogen (secondary N) is 2. The Hall–Kier alpha value is -2.41. The number of pyridine rings is 1. The molecule has 2 amide bonds. The minimum Gasteiger partial charge on any atom is -0.396 e. The molecule has 2 heterocycles. The molecular formula is C18H25N5O2. The second-order valence-corrected chi connectivity index (χ2v) is 6.53. The molecule has 2 atom stereocenters. The van der Waals surface area contributed by atoms with Gasteiger partial charge in [0.1, 0.15) is 11.6 Å². The van der Waals surface area contributed by atoms with Gasteiger partial charge in [-0.2, -0.15) is 0 Å². The lowest BCUT2D eigenvalue weighted by atomic mass is 9.85. The fourth-order valence-corrected chi connectivity index (χ4v) is 3.30. The van der Waals surface area contributed by atoms with Gasteiger partial charge in [-0.25, -0.2) is 14.8 Å². The van der Waals surface area contributed by atoms with Crippen molar-refractivity contribution in [3.8, 4) is 5.82 Å². The highest BCUT2D eigenvalue weighted by atomic mass is 16.3. The normalized spacial score (nSPS) is 20.2. The number of hydrogen-bond donors (Lipinski definition) is 3. The number of carbonyl (C=O) groups is 1. The van der Waals surface area contributed by atoms with Crippen LogP contribution in [0.1, 0.15) is 37.1 Å². The maximum Gasteiger partial charge on any atom is 0.315 e. The zero-order valence-electron chi connectivity index (χ0n) is 14.5. The molecule has 2 aromatic heterocycles. The highest BCUT2D eigenvalue weighted by Gasteiger charge is 2.25. The molecule has 1 saturated carbocycles. The summed E-state index contributed by atoms with van der Waals surface area (Å²) in [7, 11) is 0. The van der Waals surface area contributed by atoms with Gasteiger partial charge >= 0.3 is 6.03 Å². The minimum absolute atomic E-state index is 0.0588. The van der Waals surface area contributed by atoms with Crippen molar-refractivity contribution in [3.05, 3.63) is 42.1 Å². The molecule has 0 saturated heterocycles. The zero-order chi connectivity index (χ0) is 17.6. The third kappa shape index (κ3) is 4.36. The first-order valence-electron chi connectivity index (χ1n) is 8.78. The molecule has 3 rings (SSSR count). The van der Waals surface area contributed by atoms with Gasteiger partial charge in [-0.1, -0.05) is 18.9 Å². The number of amides is 2. The first kappa shape index (κ1) is 17.4. The lowest BCUT2D eigenvalue weighted by molar-refractivity contribution is 0.153. The van der Waals surface area contributed by atoms with E-state index in [1.165, 1.54) is 0 Å². The van der Waals surface area contributed by atoms with Gasteiger partial charge in [0.05, 0.1) is 0 Å². The number of carbonyl (C=O) groups excluding carboxylic acids is 1. The molecule has 25 heavy (non-hydrogen) atoms. The summed E-state index contributed by atoms with van der Waals surface area (Å²) < 4.78 is 1.90. The zero-order valence-corrected chi connectivity index (χ0v) is 14.5. The first-order chi connectivity index (χ1) is 12.2. The molecule has 0 spiro atoms. The lowest BCUT2D eigenvalue weighted by Gasteiger charge is -2.30. The molecule has 2 aromatic rings. The SMILES string of the molecule is Cc1nccn1-c1ccc(CNC(=O)NC2CCCCC2CO)cn1. The van der Waals surface area contributed by atoms with Crippen LogP contribution < -0.4 is 10.6 Å². The van der Waals surface area contributed by atoms with E-state index in [2.05, 4.69) is 20.6 Å². The van der Waals surface area contributed by atoms with Crippen molar-refractivity contribution >= 4 is 6.03 Å². The maximum absolute atomic E-state index is 12.1. The minimum atomic E-state index is -0.195. The van der Waals surface area contributed by atoms with Crippen LogP contribution in [0.2, 0.25) is 0 Å². The van der Waals surface area contributed by atoms with Gasteiger partial charge in [0.2, 0.25) is 0 Å². The van der Waals surface area contributed by atoms with Crippen LogP contribution in [-0.2, 0) is 6.54 Å². The van der Waals surface area contributed by atoms with E-state index in [0.717, 1.165) is 42.9 Å². The first-order valence-corrected chi connectivity index (χ1v) is 8.78. The van der Waals surface area contributed by atoms with Crippen molar-refractivity contribution in [2.45, 2.75) is 45.2 Å². The fourth-order valence-electron chi connectivity index (χ4n) is 3.30. The summed E-state index contributed by atoms with van der Waals surface area (Å²) >= 11 is 0. The topological polar surface area (TPSA) is 92.1 Å². The second kappa shape index (κ2) is 8.11. The van der Waals surface area contributed by atoms with E-state index >= 15 is 0 Å². The summed E-state index contributed by atoms with van der Waals surface area (Å²) in [5.74, 6) is 1.85. The van der Waals surface area contributed by atoms with Crippen molar-refractivity contribution in [2.24, 2.45) is 5.92 Å². The molecule has 1 aliphatic carbocycles. The summed E-state index contributed by atoms with van der Waals surface area (Å²) in [5, 5.41) is 15.3. The van der Waals surface area contributed by atoms with E-state index in [-0.39, 0.29) is 24.6 Å². The summed E-state index contributed by atoms with van der Waals surface area (Å²) in [6.07, 6.45) is 9.48. The predicted octanol–water partition coefficient (Wildman–Crippen LogP) is 1.93.